The Morgan fingerprint density at radius 3 is 2.18 bits per heavy atom. The minimum Gasteiger partial charge on any atom is -0.444 e. The first-order valence-electron chi connectivity index (χ1n) is 9.30. The fourth-order valence-electron chi connectivity index (χ4n) is 3.64. The maximum absolute atomic E-state index is 12.9. The number of carbonyl (C=O) groups excluding carboxylic acids is 4. The normalized spacial score (nSPS) is 22.1. The van der Waals surface area contributed by atoms with Crippen LogP contribution in [-0.2, 0) is 9.53 Å². The zero-order chi connectivity index (χ0) is 20.6. The lowest BCUT2D eigenvalue weighted by atomic mass is 9.97. The topological polar surface area (TPSA) is 96.0 Å². The van der Waals surface area contributed by atoms with Crippen molar-refractivity contribution in [3.63, 3.8) is 0 Å². The summed E-state index contributed by atoms with van der Waals surface area (Å²) >= 11 is 0. The number of nitrogens with one attached hydrogen (secondary N) is 1. The molecule has 8 nitrogen and oxygen atoms in total. The van der Waals surface area contributed by atoms with E-state index in [0.717, 1.165) is 0 Å². The van der Waals surface area contributed by atoms with Crippen LogP contribution in [0.2, 0.25) is 0 Å². The highest BCUT2D eigenvalue weighted by atomic mass is 16.6. The number of likely N-dealkylation sites (tertiary alicyclic amines) is 1. The van der Waals surface area contributed by atoms with Crippen molar-refractivity contribution in [3.8, 4) is 0 Å². The van der Waals surface area contributed by atoms with Crippen molar-refractivity contribution >= 4 is 23.8 Å². The predicted octanol–water partition coefficient (Wildman–Crippen LogP) is 1.80. The van der Waals surface area contributed by atoms with Gasteiger partial charge in [-0.15, -0.1) is 0 Å². The third kappa shape index (κ3) is 3.85. The first-order chi connectivity index (χ1) is 13.1. The van der Waals surface area contributed by atoms with Gasteiger partial charge in [-0.05, 0) is 39.3 Å². The first kappa shape index (κ1) is 19.9. The summed E-state index contributed by atoms with van der Waals surface area (Å²) in [6, 6.07) is 5.49. The van der Waals surface area contributed by atoms with Gasteiger partial charge >= 0.3 is 6.09 Å². The van der Waals surface area contributed by atoms with Gasteiger partial charge in [0, 0.05) is 20.0 Å². The second-order valence-electron chi connectivity index (χ2n) is 8.10. The van der Waals surface area contributed by atoms with E-state index in [4.69, 9.17) is 4.74 Å². The molecule has 1 aromatic rings. The molecule has 3 rings (SSSR count). The minimum atomic E-state index is -0.690. The van der Waals surface area contributed by atoms with E-state index >= 15 is 0 Å². The minimum absolute atomic E-state index is 0.128. The lowest BCUT2D eigenvalue weighted by molar-refractivity contribution is -0.130. The Morgan fingerprint density at radius 1 is 1.11 bits per heavy atom. The number of rotatable bonds is 2. The van der Waals surface area contributed by atoms with Crippen LogP contribution in [0.3, 0.4) is 0 Å². The van der Waals surface area contributed by atoms with Crippen LogP contribution in [0.15, 0.2) is 24.3 Å². The van der Waals surface area contributed by atoms with E-state index in [9.17, 15) is 19.2 Å². The van der Waals surface area contributed by atoms with Crippen molar-refractivity contribution in [2.45, 2.75) is 51.8 Å². The standard InChI is InChI=1S/C20H25N3O5/c1-12(24)22-10-9-16(15(11-22)21-19(27)28-20(2,3)4)23-17(25)13-7-5-6-8-14(13)18(23)26/h5-8,15-16H,9-11H2,1-4H3,(H,21,27). The van der Waals surface area contributed by atoms with E-state index < -0.39 is 23.8 Å². The van der Waals surface area contributed by atoms with Gasteiger partial charge in [0.05, 0.1) is 23.2 Å². The summed E-state index contributed by atoms with van der Waals surface area (Å²) in [6.07, 6.45) is -0.268. The van der Waals surface area contributed by atoms with Gasteiger partial charge in [0.15, 0.2) is 0 Å². The third-order valence-corrected chi connectivity index (χ3v) is 4.88. The second kappa shape index (κ2) is 7.26. The SMILES string of the molecule is CC(=O)N1CCC(N2C(=O)c3ccccc3C2=O)C(NC(=O)OC(C)(C)C)C1. The zero-order valence-electron chi connectivity index (χ0n) is 16.5. The van der Waals surface area contributed by atoms with Gasteiger partial charge in [-0.2, -0.15) is 0 Å². The van der Waals surface area contributed by atoms with E-state index in [1.807, 2.05) is 0 Å². The third-order valence-electron chi connectivity index (χ3n) is 4.88. The van der Waals surface area contributed by atoms with Crippen LogP contribution in [0.4, 0.5) is 4.79 Å². The molecule has 1 fully saturated rings. The Kier molecular flexibility index (Phi) is 5.14. The van der Waals surface area contributed by atoms with Gasteiger partial charge in [0.25, 0.3) is 11.8 Å². The molecule has 0 radical (unpaired) electrons. The number of piperidine rings is 1. The summed E-state index contributed by atoms with van der Waals surface area (Å²) in [7, 11) is 0. The fourth-order valence-corrected chi connectivity index (χ4v) is 3.64. The van der Waals surface area contributed by atoms with E-state index in [1.54, 1.807) is 49.9 Å². The van der Waals surface area contributed by atoms with Crippen molar-refractivity contribution in [3.05, 3.63) is 35.4 Å². The van der Waals surface area contributed by atoms with Crippen molar-refractivity contribution < 1.29 is 23.9 Å². The van der Waals surface area contributed by atoms with Gasteiger partial charge in [-0.1, -0.05) is 12.1 Å². The fraction of sp³-hybridized carbons (Fsp3) is 0.500. The molecule has 1 aromatic carbocycles. The largest absolute Gasteiger partial charge is 0.444 e. The number of alkyl carbamates (subject to hydrolysis) is 1. The van der Waals surface area contributed by atoms with Crippen LogP contribution in [0, 0.1) is 0 Å². The summed E-state index contributed by atoms with van der Waals surface area (Å²) < 4.78 is 5.32. The van der Waals surface area contributed by atoms with E-state index in [1.165, 1.54) is 11.8 Å². The van der Waals surface area contributed by atoms with Crippen molar-refractivity contribution in [1.29, 1.82) is 0 Å². The summed E-state index contributed by atoms with van der Waals surface area (Å²) in [5, 5.41) is 2.75. The van der Waals surface area contributed by atoms with Crippen LogP contribution in [-0.4, -0.2) is 64.4 Å². The monoisotopic (exact) mass is 387 g/mol. The van der Waals surface area contributed by atoms with Crippen LogP contribution >= 0.6 is 0 Å². The average Bonchev–Trinajstić information content (AvgIpc) is 2.85. The molecule has 2 aliphatic rings. The molecule has 0 aliphatic carbocycles. The molecule has 0 bridgehead atoms. The number of hydrogen-bond donors (Lipinski definition) is 1. The molecule has 150 valence electrons. The smallest absolute Gasteiger partial charge is 0.408 e. The molecule has 2 aliphatic heterocycles. The summed E-state index contributed by atoms with van der Waals surface area (Å²) in [5.74, 6) is -0.882. The van der Waals surface area contributed by atoms with E-state index in [-0.39, 0.29) is 24.3 Å². The van der Waals surface area contributed by atoms with Crippen LogP contribution in [0.5, 0.6) is 0 Å². The zero-order valence-corrected chi connectivity index (χ0v) is 16.5. The quantitative estimate of drug-likeness (QED) is 0.781. The number of hydrogen-bond acceptors (Lipinski definition) is 5. The number of nitrogens with zero attached hydrogens (tertiary/aromatic N) is 2. The molecule has 0 saturated carbocycles. The maximum Gasteiger partial charge on any atom is 0.408 e. The molecule has 1 N–H and O–H groups in total. The first-order valence-corrected chi connectivity index (χ1v) is 9.30. The van der Waals surface area contributed by atoms with Gasteiger partial charge in [0.2, 0.25) is 5.91 Å². The van der Waals surface area contributed by atoms with Crippen LogP contribution in [0.1, 0.15) is 54.8 Å². The Balaban J connectivity index is 1.85. The summed E-state index contributed by atoms with van der Waals surface area (Å²) in [6.45, 7) is 7.30. The molecule has 1 saturated heterocycles. The molecule has 4 amide bonds. The van der Waals surface area contributed by atoms with Gasteiger partial charge < -0.3 is 15.0 Å². The van der Waals surface area contributed by atoms with E-state index in [0.29, 0.717) is 24.1 Å². The Bertz CT molecular complexity index is 794. The molecule has 0 spiro atoms. The maximum atomic E-state index is 12.9. The van der Waals surface area contributed by atoms with Crippen molar-refractivity contribution in [2.24, 2.45) is 0 Å². The highest BCUT2D eigenvalue weighted by Crippen LogP contribution is 2.29. The molecule has 8 heteroatoms. The van der Waals surface area contributed by atoms with Gasteiger partial charge in [0.1, 0.15) is 5.60 Å². The van der Waals surface area contributed by atoms with E-state index in [2.05, 4.69) is 5.32 Å². The second-order valence-corrected chi connectivity index (χ2v) is 8.10. The predicted molar refractivity (Wildman–Crippen MR) is 101 cm³/mol. The highest BCUT2D eigenvalue weighted by Gasteiger charge is 2.45. The van der Waals surface area contributed by atoms with Crippen molar-refractivity contribution in [1.82, 2.24) is 15.1 Å². The highest BCUT2D eigenvalue weighted by molar-refractivity contribution is 6.21. The Labute approximate surface area is 163 Å². The van der Waals surface area contributed by atoms with Gasteiger partial charge in [-0.25, -0.2) is 4.79 Å². The average molecular weight is 387 g/mol. The number of carbonyl (C=O) groups is 4. The number of amides is 4. The Morgan fingerprint density at radius 2 is 1.68 bits per heavy atom. The van der Waals surface area contributed by atoms with Gasteiger partial charge in [-0.3, -0.25) is 19.3 Å². The number of ether oxygens (including phenoxy) is 1. The molecule has 28 heavy (non-hydrogen) atoms. The van der Waals surface area contributed by atoms with Crippen molar-refractivity contribution in [2.75, 3.05) is 13.1 Å². The molecule has 2 unspecified atom stereocenters. The molecular formula is C20H25N3O5. The lowest BCUT2D eigenvalue weighted by Crippen LogP contribution is -2.62. The number of benzene rings is 1. The Hall–Kier alpha value is -2.90. The molecule has 2 heterocycles. The summed E-state index contributed by atoms with van der Waals surface area (Å²) in [4.78, 5) is 52.7. The lowest BCUT2D eigenvalue weighted by Gasteiger charge is -2.41. The summed E-state index contributed by atoms with van der Waals surface area (Å²) in [5.41, 5.74) is 0.0272. The molecule has 2 atom stereocenters. The van der Waals surface area contributed by atoms with Crippen LogP contribution < -0.4 is 5.32 Å². The number of imide groups is 1. The molecule has 0 aromatic heterocycles. The molecular weight excluding hydrogens is 362 g/mol. The van der Waals surface area contributed by atoms with Crippen LogP contribution in [0.25, 0.3) is 0 Å². The number of fused-ring (bicyclic) bond motifs is 1.